The van der Waals surface area contributed by atoms with E-state index in [9.17, 15) is 12.8 Å². The van der Waals surface area contributed by atoms with E-state index < -0.39 is 33.0 Å². The van der Waals surface area contributed by atoms with Crippen molar-refractivity contribution in [1.82, 2.24) is 34.3 Å². The maximum absolute atomic E-state index is 15.5. The minimum absolute atomic E-state index is 0.0797. The molecule has 0 saturated carbocycles. The summed E-state index contributed by atoms with van der Waals surface area (Å²) < 4.78 is 67.0. The van der Waals surface area contributed by atoms with Gasteiger partial charge in [0.15, 0.2) is 11.5 Å². The molecule has 1 atom stereocenters. The van der Waals surface area contributed by atoms with Crippen LogP contribution in [0.5, 0.6) is 0 Å². The first-order valence-corrected chi connectivity index (χ1v) is 13.8. The number of nitrogens with zero attached hydrogens (tertiary/aromatic N) is 7. The number of sulfonamides is 1. The average molecular weight is 568 g/mol. The summed E-state index contributed by atoms with van der Waals surface area (Å²) in [6, 6.07) is 5.28. The number of aryl methyl sites for hydroxylation is 1. The van der Waals surface area contributed by atoms with Crippen LogP contribution in [0.2, 0.25) is 0 Å². The van der Waals surface area contributed by atoms with Crippen LogP contribution in [-0.2, 0) is 21.8 Å². The number of benzene rings is 1. The number of anilines is 3. The Morgan fingerprint density at radius 3 is 2.75 bits per heavy atom. The second-order valence-electron chi connectivity index (χ2n) is 9.13. The molecule has 1 aromatic carbocycles. The Balaban J connectivity index is 1.36. The first-order chi connectivity index (χ1) is 19.3. The molecular formula is C25H23F2N9O3S. The number of hydrogen-bond acceptors (Lipinski definition) is 9. The van der Waals surface area contributed by atoms with Gasteiger partial charge in [0.25, 0.3) is 10.0 Å². The van der Waals surface area contributed by atoms with Crippen molar-refractivity contribution in [3.63, 3.8) is 0 Å². The average Bonchev–Trinajstić information content (AvgIpc) is 3.60. The molecule has 6 rings (SSSR count). The van der Waals surface area contributed by atoms with Gasteiger partial charge in [-0.05, 0) is 43.5 Å². The number of fused-ring (bicyclic) bond motifs is 1. The van der Waals surface area contributed by atoms with Crippen molar-refractivity contribution in [1.29, 1.82) is 0 Å². The highest BCUT2D eigenvalue weighted by molar-refractivity contribution is 7.92. The molecule has 0 spiro atoms. The first kappa shape index (κ1) is 25.8. The van der Waals surface area contributed by atoms with Crippen molar-refractivity contribution in [3.8, 4) is 11.3 Å². The van der Waals surface area contributed by atoms with Gasteiger partial charge in [0.05, 0.1) is 18.2 Å². The Hall–Kier alpha value is -4.50. The molecule has 1 saturated heterocycles. The Morgan fingerprint density at radius 1 is 1.10 bits per heavy atom. The summed E-state index contributed by atoms with van der Waals surface area (Å²) in [6.07, 6.45) is 9.48. The monoisotopic (exact) mass is 567 g/mol. The molecule has 0 radical (unpaired) electrons. The van der Waals surface area contributed by atoms with Gasteiger partial charge in [-0.15, -0.1) is 0 Å². The standard InChI is InChI=1S/C25H23F2N9O3S/c1-35-12-15(11-32-35)40(37,38)34-18-8-7-17(26)22(20(18)27)33-24-16(5-4-9-28-24)21-23-25(30-13-29-21)36(14-31-23)19-6-2-3-10-39-19/h4-5,7-9,11-14,19,34H,2-3,6,10H2,1H3,(H,28,33). The van der Waals surface area contributed by atoms with E-state index in [2.05, 4.69) is 35.1 Å². The van der Waals surface area contributed by atoms with Crippen molar-refractivity contribution in [2.24, 2.45) is 7.05 Å². The molecule has 1 fully saturated rings. The van der Waals surface area contributed by atoms with Crippen LogP contribution in [0.3, 0.4) is 0 Å². The van der Waals surface area contributed by atoms with Crippen molar-refractivity contribution >= 4 is 38.4 Å². The maximum atomic E-state index is 15.5. The van der Waals surface area contributed by atoms with Crippen molar-refractivity contribution in [2.45, 2.75) is 30.4 Å². The van der Waals surface area contributed by atoms with Gasteiger partial charge in [-0.1, -0.05) is 0 Å². The molecule has 0 aliphatic carbocycles. The highest BCUT2D eigenvalue weighted by Crippen LogP contribution is 2.35. The molecule has 12 nitrogen and oxygen atoms in total. The summed E-state index contributed by atoms with van der Waals surface area (Å²) in [6.45, 7) is 0.646. The molecule has 40 heavy (non-hydrogen) atoms. The number of nitrogens with one attached hydrogen (secondary N) is 2. The Bertz CT molecular complexity index is 1820. The van der Waals surface area contributed by atoms with Gasteiger partial charge in [0.2, 0.25) is 0 Å². The number of ether oxygens (including phenoxy) is 1. The highest BCUT2D eigenvalue weighted by Gasteiger charge is 2.24. The second-order valence-corrected chi connectivity index (χ2v) is 10.8. The number of aromatic nitrogens is 7. The smallest absolute Gasteiger partial charge is 0.265 e. The summed E-state index contributed by atoms with van der Waals surface area (Å²) in [5.41, 5.74) is 0.760. The molecule has 5 aromatic rings. The molecule has 4 aromatic heterocycles. The SMILES string of the molecule is Cn1cc(S(=O)(=O)Nc2ccc(F)c(Nc3ncccc3-c3ncnc4c3ncn4C3CCCCO3)c2F)cn1. The van der Waals surface area contributed by atoms with E-state index in [1.807, 2.05) is 4.57 Å². The Kier molecular flexibility index (Phi) is 6.59. The summed E-state index contributed by atoms with van der Waals surface area (Å²) >= 11 is 0. The lowest BCUT2D eigenvalue weighted by atomic mass is 10.1. The third kappa shape index (κ3) is 4.73. The number of halogens is 2. The lowest BCUT2D eigenvalue weighted by Gasteiger charge is -2.23. The third-order valence-electron chi connectivity index (χ3n) is 6.46. The third-order valence-corrected chi connectivity index (χ3v) is 7.78. The van der Waals surface area contributed by atoms with Crippen molar-refractivity contribution in [2.75, 3.05) is 16.6 Å². The van der Waals surface area contributed by atoms with Crippen LogP contribution in [0.15, 0.2) is 60.4 Å². The van der Waals surface area contributed by atoms with Crippen molar-refractivity contribution in [3.05, 3.63) is 67.1 Å². The summed E-state index contributed by atoms with van der Waals surface area (Å²) in [5.74, 6) is -2.03. The zero-order valence-corrected chi connectivity index (χ0v) is 21.9. The van der Waals surface area contributed by atoms with Crippen LogP contribution in [0, 0.1) is 11.6 Å². The lowest BCUT2D eigenvalue weighted by molar-refractivity contribution is -0.0298. The number of pyridine rings is 1. The zero-order chi connectivity index (χ0) is 27.9. The van der Waals surface area contributed by atoms with E-state index in [1.54, 1.807) is 25.5 Å². The molecule has 1 aliphatic heterocycles. The second kappa shape index (κ2) is 10.2. The normalized spacial score (nSPS) is 15.8. The molecular weight excluding hydrogens is 544 g/mol. The van der Waals surface area contributed by atoms with Gasteiger partial charge < -0.3 is 10.1 Å². The molecule has 5 heterocycles. The van der Waals surface area contributed by atoms with Gasteiger partial charge in [-0.25, -0.2) is 37.1 Å². The number of imidazole rings is 1. The highest BCUT2D eigenvalue weighted by atomic mass is 32.2. The van der Waals surface area contributed by atoms with E-state index in [1.165, 1.54) is 23.4 Å². The van der Waals surface area contributed by atoms with E-state index in [0.29, 0.717) is 29.0 Å². The van der Waals surface area contributed by atoms with E-state index >= 15 is 4.39 Å². The maximum Gasteiger partial charge on any atom is 0.265 e. The van der Waals surface area contributed by atoms with E-state index in [4.69, 9.17) is 4.74 Å². The van der Waals surface area contributed by atoms with Crippen LogP contribution in [-0.4, -0.2) is 49.3 Å². The molecule has 206 valence electrons. The predicted octanol–water partition coefficient (Wildman–Crippen LogP) is 4.14. The Morgan fingerprint density at radius 2 is 1.98 bits per heavy atom. The van der Waals surface area contributed by atoms with Gasteiger partial charge in [-0.2, -0.15) is 5.10 Å². The fourth-order valence-electron chi connectivity index (χ4n) is 4.50. The predicted molar refractivity (Wildman–Crippen MR) is 141 cm³/mol. The largest absolute Gasteiger partial charge is 0.358 e. The molecule has 1 aliphatic rings. The fourth-order valence-corrected chi connectivity index (χ4v) is 5.55. The molecule has 0 amide bonds. The van der Waals surface area contributed by atoms with Crippen LogP contribution in [0.1, 0.15) is 25.5 Å². The molecule has 2 N–H and O–H groups in total. The number of hydrogen-bond donors (Lipinski definition) is 2. The minimum Gasteiger partial charge on any atom is -0.358 e. The zero-order valence-electron chi connectivity index (χ0n) is 21.1. The molecule has 1 unspecified atom stereocenters. The molecule has 15 heteroatoms. The van der Waals surface area contributed by atoms with E-state index in [-0.39, 0.29) is 16.9 Å². The van der Waals surface area contributed by atoms with Crippen molar-refractivity contribution < 1.29 is 21.9 Å². The topological polar surface area (TPSA) is 142 Å². The van der Waals surface area contributed by atoms with Crippen LogP contribution in [0.25, 0.3) is 22.4 Å². The summed E-state index contributed by atoms with van der Waals surface area (Å²) in [5, 5.41) is 6.50. The van der Waals surface area contributed by atoms with Gasteiger partial charge >= 0.3 is 0 Å². The minimum atomic E-state index is -4.18. The quantitative estimate of drug-likeness (QED) is 0.297. The van der Waals surface area contributed by atoms with Gasteiger partial charge in [0, 0.05) is 31.6 Å². The van der Waals surface area contributed by atoms with E-state index in [0.717, 1.165) is 37.6 Å². The summed E-state index contributed by atoms with van der Waals surface area (Å²) in [4.78, 5) is 17.4. The Labute approximate surface area is 227 Å². The van der Waals surface area contributed by atoms with Gasteiger partial charge in [-0.3, -0.25) is 14.0 Å². The van der Waals surface area contributed by atoms with Crippen LogP contribution >= 0.6 is 0 Å². The van der Waals surface area contributed by atoms with Crippen LogP contribution < -0.4 is 10.0 Å². The first-order valence-electron chi connectivity index (χ1n) is 12.3. The van der Waals surface area contributed by atoms with Crippen LogP contribution in [0.4, 0.5) is 26.0 Å². The van der Waals surface area contributed by atoms with Gasteiger partial charge in [0.1, 0.15) is 46.0 Å². The summed E-state index contributed by atoms with van der Waals surface area (Å²) in [7, 11) is -2.63. The fraction of sp³-hybridized carbons (Fsp3) is 0.240. The molecule has 0 bridgehead atoms. The lowest BCUT2D eigenvalue weighted by Crippen LogP contribution is -2.17. The number of rotatable bonds is 7.